The Hall–Kier alpha value is -0.120. The highest BCUT2D eigenvalue weighted by Crippen LogP contribution is 2.30. The van der Waals surface area contributed by atoms with Crippen LogP contribution in [0.3, 0.4) is 0 Å². The Morgan fingerprint density at radius 2 is 2.21 bits per heavy atom. The molecule has 1 heterocycles. The van der Waals surface area contributed by atoms with Crippen molar-refractivity contribution in [1.29, 1.82) is 0 Å². The van der Waals surface area contributed by atoms with E-state index in [1.165, 1.54) is 12.8 Å². The van der Waals surface area contributed by atoms with Crippen LogP contribution in [0.1, 0.15) is 32.6 Å². The van der Waals surface area contributed by atoms with Crippen LogP contribution in [0.15, 0.2) is 0 Å². The highest BCUT2D eigenvalue weighted by Gasteiger charge is 2.40. The molecular weight excluding hydrogens is 176 g/mol. The Balaban J connectivity index is 1.96. The van der Waals surface area contributed by atoms with Crippen molar-refractivity contribution in [3.8, 4) is 0 Å². The van der Waals surface area contributed by atoms with Gasteiger partial charge in [-0.2, -0.15) is 0 Å². The molecule has 0 aromatic rings. The van der Waals surface area contributed by atoms with Gasteiger partial charge < -0.3 is 15.3 Å². The maximum Gasteiger partial charge on any atom is 0.0614 e. The Bertz CT molecular complexity index is 205. The van der Waals surface area contributed by atoms with Crippen molar-refractivity contribution in [2.75, 3.05) is 20.2 Å². The molecule has 0 radical (unpaired) electrons. The summed E-state index contributed by atoms with van der Waals surface area (Å²) >= 11 is 0. The van der Waals surface area contributed by atoms with Crippen LogP contribution in [0, 0.1) is 0 Å². The maximum atomic E-state index is 9.54. The lowest BCUT2D eigenvalue weighted by atomic mass is 9.84. The molecule has 2 atom stereocenters. The number of rotatable bonds is 3. The smallest absolute Gasteiger partial charge is 0.0614 e. The molecule has 1 aliphatic heterocycles. The second-order valence-corrected chi connectivity index (χ2v) is 5.14. The molecule has 2 unspecified atom stereocenters. The van der Waals surface area contributed by atoms with E-state index in [1.807, 2.05) is 0 Å². The number of piperidine rings is 1. The highest BCUT2D eigenvalue weighted by atomic mass is 16.3. The van der Waals surface area contributed by atoms with Gasteiger partial charge >= 0.3 is 0 Å². The number of hydrogen-bond donors (Lipinski definition) is 2. The number of aliphatic hydroxyl groups is 1. The van der Waals surface area contributed by atoms with Gasteiger partial charge in [-0.1, -0.05) is 0 Å². The molecule has 2 rings (SSSR count). The molecule has 0 aromatic carbocycles. The Labute approximate surface area is 86.5 Å². The molecule has 0 aromatic heterocycles. The van der Waals surface area contributed by atoms with Crippen LogP contribution in [0.4, 0.5) is 0 Å². The summed E-state index contributed by atoms with van der Waals surface area (Å²) in [5.74, 6) is 0. The molecule has 2 N–H and O–H groups in total. The number of likely N-dealkylation sites (tertiary alicyclic amines) is 1. The number of hydrogen-bond acceptors (Lipinski definition) is 3. The SMILES string of the molecule is CC1CC(CO)(NC2CC2)CCN1C. The average Bonchev–Trinajstić information content (AvgIpc) is 2.96. The van der Waals surface area contributed by atoms with Crippen molar-refractivity contribution in [3.63, 3.8) is 0 Å². The minimum atomic E-state index is 0.0209. The summed E-state index contributed by atoms with van der Waals surface area (Å²) < 4.78 is 0. The summed E-state index contributed by atoms with van der Waals surface area (Å²) in [7, 11) is 2.17. The Kier molecular flexibility index (Phi) is 2.82. The van der Waals surface area contributed by atoms with Gasteiger partial charge in [-0.3, -0.25) is 0 Å². The fourth-order valence-electron chi connectivity index (χ4n) is 2.42. The van der Waals surface area contributed by atoms with Gasteiger partial charge in [0.15, 0.2) is 0 Å². The van der Waals surface area contributed by atoms with Crippen molar-refractivity contribution in [3.05, 3.63) is 0 Å². The van der Waals surface area contributed by atoms with Crippen LogP contribution in [0.5, 0.6) is 0 Å². The normalized spacial score (nSPS) is 40.1. The first-order valence-electron chi connectivity index (χ1n) is 5.74. The fourth-order valence-corrected chi connectivity index (χ4v) is 2.42. The lowest BCUT2D eigenvalue weighted by molar-refractivity contribution is 0.0579. The van der Waals surface area contributed by atoms with E-state index < -0.39 is 0 Å². The van der Waals surface area contributed by atoms with Gasteiger partial charge in [0.05, 0.1) is 6.61 Å². The van der Waals surface area contributed by atoms with E-state index in [9.17, 15) is 5.11 Å². The van der Waals surface area contributed by atoms with Crippen LogP contribution >= 0.6 is 0 Å². The molecule has 0 spiro atoms. The molecule has 3 heteroatoms. The Morgan fingerprint density at radius 1 is 1.50 bits per heavy atom. The summed E-state index contributed by atoms with van der Waals surface area (Å²) in [4.78, 5) is 2.38. The van der Waals surface area contributed by atoms with Gasteiger partial charge in [0.1, 0.15) is 0 Å². The minimum Gasteiger partial charge on any atom is -0.394 e. The quantitative estimate of drug-likeness (QED) is 0.696. The van der Waals surface area contributed by atoms with E-state index in [0.29, 0.717) is 18.7 Å². The summed E-state index contributed by atoms with van der Waals surface area (Å²) in [6, 6.07) is 1.28. The van der Waals surface area contributed by atoms with Crippen molar-refractivity contribution in [2.24, 2.45) is 0 Å². The summed E-state index contributed by atoms with van der Waals surface area (Å²) in [5, 5.41) is 13.2. The number of nitrogens with zero attached hydrogens (tertiary/aromatic N) is 1. The van der Waals surface area contributed by atoms with Gasteiger partial charge in [-0.05, 0) is 46.2 Å². The summed E-state index contributed by atoms with van der Waals surface area (Å²) in [6.07, 6.45) is 4.76. The van der Waals surface area contributed by atoms with E-state index in [1.54, 1.807) is 0 Å². The predicted molar refractivity (Wildman–Crippen MR) is 57.3 cm³/mol. The van der Waals surface area contributed by atoms with Crippen LogP contribution in [-0.2, 0) is 0 Å². The fraction of sp³-hybridized carbons (Fsp3) is 1.00. The third-order valence-electron chi connectivity index (χ3n) is 3.77. The van der Waals surface area contributed by atoms with E-state index in [-0.39, 0.29) is 5.54 Å². The standard InChI is InChI=1S/C11H22N2O/c1-9-7-11(8-14,5-6-13(9)2)12-10-3-4-10/h9-10,12,14H,3-8H2,1-2H3. The van der Waals surface area contributed by atoms with Crippen molar-refractivity contribution >= 4 is 0 Å². The van der Waals surface area contributed by atoms with Gasteiger partial charge in [0.25, 0.3) is 0 Å². The average molecular weight is 198 g/mol. The lowest BCUT2D eigenvalue weighted by Crippen LogP contribution is -2.58. The third-order valence-corrected chi connectivity index (χ3v) is 3.77. The van der Waals surface area contributed by atoms with Crippen molar-refractivity contribution in [1.82, 2.24) is 10.2 Å². The molecule has 3 nitrogen and oxygen atoms in total. The zero-order chi connectivity index (χ0) is 10.2. The first-order valence-corrected chi connectivity index (χ1v) is 5.74. The van der Waals surface area contributed by atoms with E-state index in [2.05, 4.69) is 24.2 Å². The maximum absolute atomic E-state index is 9.54. The first kappa shape index (κ1) is 10.4. The zero-order valence-electron chi connectivity index (χ0n) is 9.29. The predicted octanol–water partition coefficient (Wildman–Crippen LogP) is 0.584. The Morgan fingerprint density at radius 3 is 2.71 bits per heavy atom. The number of aliphatic hydroxyl groups excluding tert-OH is 1. The molecule has 1 saturated carbocycles. The molecule has 2 fully saturated rings. The number of nitrogens with one attached hydrogen (secondary N) is 1. The zero-order valence-corrected chi connectivity index (χ0v) is 9.29. The topological polar surface area (TPSA) is 35.5 Å². The largest absolute Gasteiger partial charge is 0.394 e. The van der Waals surface area contributed by atoms with Gasteiger partial charge in [0.2, 0.25) is 0 Å². The lowest BCUT2D eigenvalue weighted by Gasteiger charge is -2.44. The van der Waals surface area contributed by atoms with E-state index >= 15 is 0 Å². The molecule has 1 aliphatic carbocycles. The first-order chi connectivity index (χ1) is 6.65. The van der Waals surface area contributed by atoms with Gasteiger partial charge in [0, 0.05) is 17.6 Å². The molecule has 0 bridgehead atoms. The second-order valence-electron chi connectivity index (χ2n) is 5.14. The minimum absolute atomic E-state index is 0.0209. The summed E-state index contributed by atoms with van der Waals surface area (Å²) in [6.45, 7) is 3.64. The monoisotopic (exact) mass is 198 g/mol. The third kappa shape index (κ3) is 2.10. The highest BCUT2D eigenvalue weighted by molar-refractivity contribution is 5.00. The molecule has 2 aliphatic rings. The van der Waals surface area contributed by atoms with E-state index in [0.717, 1.165) is 19.4 Å². The van der Waals surface area contributed by atoms with E-state index in [4.69, 9.17) is 0 Å². The van der Waals surface area contributed by atoms with Gasteiger partial charge in [-0.15, -0.1) is 0 Å². The molecule has 1 saturated heterocycles. The summed E-state index contributed by atoms with van der Waals surface area (Å²) in [5.41, 5.74) is 0.0209. The van der Waals surface area contributed by atoms with Crippen LogP contribution in [0.2, 0.25) is 0 Å². The molecule has 14 heavy (non-hydrogen) atoms. The van der Waals surface area contributed by atoms with Crippen molar-refractivity contribution < 1.29 is 5.11 Å². The molecule has 82 valence electrons. The molecule has 0 amide bonds. The molecular formula is C11H22N2O. The van der Waals surface area contributed by atoms with Gasteiger partial charge in [-0.25, -0.2) is 0 Å². The van der Waals surface area contributed by atoms with Crippen LogP contribution in [0.25, 0.3) is 0 Å². The van der Waals surface area contributed by atoms with Crippen molar-refractivity contribution in [2.45, 2.75) is 50.2 Å². The van der Waals surface area contributed by atoms with Crippen LogP contribution in [-0.4, -0.2) is 47.8 Å². The second kappa shape index (κ2) is 3.80. The van der Waals surface area contributed by atoms with Crippen LogP contribution < -0.4 is 5.32 Å².